The van der Waals surface area contributed by atoms with Crippen LogP contribution in [0.3, 0.4) is 0 Å². The SMILES string of the molecule is CCNC(c1ccc(OC)c(OC)c1)c1cc(C)oc1C. The van der Waals surface area contributed by atoms with Crippen molar-refractivity contribution in [1.29, 1.82) is 0 Å². The maximum absolute atomic E-state index is 5.67. The minimum atomic E-state index is 0.0762. The molecule has 0 aliphatic carbocycles. The number of benzene rings is 1. The summed E-state index contributed by atoms with van der Waals surface area (Å²) in [6.45, 7) is 6.92. The standard InChI is InChI=1S/C17H23NO3/c1-6-18-17(14-9-11(2)21-12(14)3)13-7-8-15(19-4)16(10-13)20-5/h7-10,17-18H,6H2,1-5H3. The first-order valence-electron chi connectivity index (χ1n) is 7.13. The van der Waals surface area contributed by atoms with E-state index in [-0.39, 0.29) is 6.04 Å². The minimum absolute atomic E-state index is 0.0762. The highest BCUT2D eigenvalue weighted by Gasteiger charge is 2.19. The van der Waals surface area contributed by atoms with E-state index in [0.29, 0.717) is 0 Å². The smallest absolute Gasteiger partial charge is 0.161 e. The summed E-state index contributed by atoms with van der Waals surface area (Å²) in [4.78, 5) is 0. The molecule has 1 unspecified atom stereocenters. The fourth-order valence-corrected chi connectivity index (χ4v) is 2.58. The van der Waals surface area contributed by atoms with Crippen LogP contribution in [0.15, 0.2) is 28.7 Å². The number of rotatable bonds is 6. The summed E-state index contributed by atoms with van der Waals surface area (Å²) < 4.78 is 16.4. The predicted molar refractivity (Wildman–Crippen MR) is 83.2 cm³/mol. The van der Waals surface area contributed by atoms with Gasteiger partial charge in [-0.3, -0.25) is 0 Å². The zero-order chi connectivity index (χ0) is 15.4. The van der Waals surface area contributed by atoms with Crippen molar-refractivity contribution in [2.24, 2.45) is 0 Å². The van der Waals surface area contributed by atoms with E-state index in [0.717, 1.165) is 40.7 Å². The molecular weight excluding hydrogens is 266 g/mol. The van der Waals surface area contributed by atoms with Gasteiger partial charge < -0.3 is 19.2 Å². The summed E-state index contributed by atoms with van der Waals surface area (Å²) in [6, 6.07) is 8.15. The molecule has 1 atom stereocenters. The van der Waals surface area contributed by atoms with Gasteiger partial charge in [-0.25, -0.2) is 0 Å². The van der Waals surface area contributed by atoms with Crippen molar-refractivity contribution in [3.8, 4) is 11.5 Å². The molecule has 0 saturated carbocycles. The van der Waals surface area contributed by atoms with E-state index < -0.39 is 0 Å². The fraction of sp³-hybridized carbons (Fsp3) is 0.412. The van der Waals surface area contributed by atoms with Crippen LogP contribution in [-0.4, -0.2) is 20.8 Å². The number of furan rings is 1. The third-order valence-electron chi connectivity index (χ3n) is 3.54. The van der Waals surface area contributed by atoms with E-state index in [1.807, 2.05) is 26.0 Å². The van der Waals surface area contributed by atoms with E-state index in [9.17, 15) is 0 Å². The van der Waals surface area contributed by atoms with Crippen LogP contribution >= 0.6 is 0 Å². The molecule has 0 bridgehead atoms. The molecule has 0 radical (unpaired) electrons. The second-order valence-corrected chi connectivity index (χ2v) is 4.97. The largest absolute Gasteiger partial charge is 0.493 e. The number of hydrogen-bond acceptors (Lipinski definition) is 4. The van der Waals surface area contributed by atoms with Crippen LogP contribution in [0.2, 0.25) is 0 Å². The molecule has 2 rings (SSSR count). The van der Waals surface area contributed by atoms with Crippen LogP contribution in [0.25, 0.3) is 0 Å². The molecule has 4 nitrogen and oxygen atoms in total. The Morgan fingerprint density at radius 1 is 1.10 bits per heavy atom. The highest BCUT2D eigenvalue weighted by atomic mass is 16.5. The number of methoxy groups -OCH3 is 2. The van der Waals surface area contributed by atoms with Gasteiger partial charge in [0.2, 0.25) is 0 Å². The molecule has 1 aromatic heterocycles. The maximum Gasteiger partial charge on any atom is 0.161 e. The van der Waals surface area contributed by atoms with E-state index in [2.05, 4.69) is 24.4 Å². The molecule has 1 N–H and O–H groups in total. The van der Waals surface area contributed by atoms with Gasteiger partial charge in [-0.15, -0.1) is 0 Å². The Labute approximate surface area is 126 Å². The average molecular weight is 289 g/mol. The molecule has 21 heavy (non-hydrogen) atoms. The first-order valence-corrected chi connectivity index (χ1v) is 7.13. The molecule has 0 amide bonds. The Balaban J connectivity index is 2.45. The lowest BCUT2D eigenvalue weighted by Crippen LogP contribution is -2.22. The van der Waals surface area contributed by atoms with Crippen LogP contribution in [0, 0.1) is 13.8 Å². The average Bonchev–Trinajstić information content (AvgIpc) is 2.82. The zero-order valence-corrected chi connectivity index (χ0v) is 13.3. The van der Waals surface area contributed by atoms with Crippen molar-refractivity contribution in [3.05, 3.63) is 46.9 Å². The lowest BCUT2D eigenvalue weighted by atomic mass is 9.98. The van der Waals surface area contributed by atoms with Crippen molar-refractivity contribution in [2.45, 2.75) is 26.8 Å². The van der Waals surface area contributed by atoms with E-state index in [1.54, 1.807) is 14.2 Å². The minimum Gasteiger partial charge on any atom is -0.493 e. The number of hydrogen-bond donors (Lipinski definition) is 1. The Morgan fingerprint density at radius 3 is 2.33 bits per heavy atom. The summed E-state index contributed by atoms with van der Waals surface area (Å²) >= 11 is 0. The van der Waals surface area contributed by atoms with Crippen LogP contribution < -0.4 is 14.8 Å². The number of nitrogens with one attached hydrogen (secondary N) is 1. The van der Waals surface area contributed by atoms with Crippen LogP contribution in [0.4, 0.5) is 0 Å². The molecule has 1 heterocycles. The van der Waals surface area contributed by atoms with Gasteiger partial charge in [0, 0.05) is 5.56 Å². The van der Waals surface area contributed by atoms with E-state index >= 15 is 0 Å². The van der Waals surface area contributed by atoms with Gasteiger partial charge in [-0.2, -0.15) is 0 Å². The summed E-state index contributed by atoms with van der Waals surface area (Å²) in [7, 11) is 3.29. The highest BCUT2D eigenvalue weighted by Crippen LogP contribution is 2.33. The van der Waals surface area contributed by atoms with Gasteiger partial charge in [0.05, 0.1) is 20.3 Å². The summed E-state index contributed by atoms with van der Waals surface area (Å²) in [5.41, 5.74) is 2.28. The third kappa shape index (κ3) is 3.22. The predicted octanol–water partition coefficient (Wildman–Crippen LogP) is 3.61. The second kappa shape index (κ2) is 6.68. The Bertz CT molecular complexity index is 604. The normalized spacial score (nSPS) is 12.2. The molecular formula is C17H23NO3. The van der Waals surface area contributed by atoms with Gasteiger partial charge in [-0.05, 0) is 44.2 Å². The van der Waals surface area contributed by atoms with Gasteiger partial charge in [0.1, 0.15) is 11.5 Å². The Hall–Kier alpha value is -1.94. The van der Waals surface area contributed by atoms with Gasteiger partial charge in [0.25, 0.3) is 0 Å². The zero-order valence-electron chi connectivity index (χ0n) is 13.3. The molecule has 2 aromatic rings. The molecule has 1 aromatic carbocycles. The van der Waals surface area contributed by atoms with Crippen molar-refractivity contribution < 1.29 is 13.9 Å². The van der Waals surface area contributed by atoms with E-state index in [4.69, 9.17) is 13.9 Å². The molecule has 4 heteroatoms. The molecule has 114 valence electrons. The van der Waals surface area contributed by atoms with Crippen LogP contribution in [0.1, 0.15) is 35.6 Å². The number of aryl methyl sites for hydroxylation is 2. The molecule has 0 fully saturated rings. The lowest BCUT2D eigenvalue weighted by Gasteiger charge is -2.19. The van der Waals surface area contributed by atoms with Crippen molar-refractivity contribution >= 4 is 0 Å². The van der Waals surface area contributed by atoms with Crippen LogP contribution in [0.5, 0.6) is 11.5 Å². The quantitative estimate of drug-likeness (QED) is 0.882. The maximum atomic E-state index is 5.67. The van der Waals surface area contributed by atoms with Crippen molar-refractivity contribution in [3.63, 3.8) is 0 Å². The molecule has 0 aliphatic heterocycles. The molecule has 0 saturated heterocycles. The van der Waals surface area contributed by atoms with Gasteiger partial charge in [-0.1, -0.05) is 13.0 Å². The first-order chi connectivity index (χ1) is 10.1. The topological polar surface area (TPSA) is 43.6 Å². The van der Waals surface area contributed by atoms with Crippen LogP contribution in [-0.2, 0) is 0 Å². The summed E-state index contributed by atoms with van der Waals surface area (Å²) in [6.07, 6.45) is 0. The van der Waals surface area contributed by atoms with Crippen molar-refractivity contribution in [2.75, 3.05) is 20.8 Å². The van der Waals surface area contributed by atoms with Gasteiger partial charge in [0.15, 0.2) is 11.5 Å². The highest BCUT2D eigenvalue weighted by molar-refractivity contribution is 5.46. The van der Waals surface area contributed by atoms with Crippen molar-refractivity contribution in [1.82, 2.24) is 5.32 Å². The molecule has 0 spiro atoms. The Kier molecular flexibility index (Phi) is 4.91. The first kappa shape index (κ1) is 15.4. The number of ether oxygens (including phenoxy) is 2. The Morgan fingerprint density at radius 2 is 1.81 bits per heavy atom. The monoisotopic (exact) mass is 289 g/mol. The third-order valence-corrected chi connectivity index (χ3v) is 3.54. The van der Waals surface area contributed by atoms with E-state index in [1.165, 1.54) is 0 Å². The van der Waals surface area contributed by atoms with Gasteiger partial charge >= 0.3 is 0 Å². The fourth-order valence-electron chi connectivity index (χ4n) is 2.58. The summed E-state index contributed by atoms with van der Waals surface area (Å²) in [5, 5.41) is 3.50. The second-order valence-electron chi connectivity index (χ2n) is 4.97. The molecule has 0 aliphatic rings. The summed E-state index contributed by atoms with van der Waals surface area (Å²) in [5.74, 6) is 3.33. The lowest BCUT2D eigenvalue weighted by molar-refractivity contribution is 0.354.